The summed E-state index contributed by atoms with van der Waals surface area (Å²) in [5.74, 6) is 0.573. The molecule has 0 aromatic heterocycles. The molecule has 0 spiro atoms. The maximum Gasteiger partial charge on any atom is 0.175 e. The van der Waals surface area contributed by atoms with Crippen LogP contribution < -0.4 is 21.8 Å². The number of hydrazone groups is 1. The van der Waals surface area contributed by atoms with E-state index in [0.717, 1.165) is 24.1 Å². The molecule has 0 atom stereocenters. The number of benzene rings is 1. The molecule has 3 rings (SSSR count). The summed E-state index contributed by atoms with van der Waals surface area (Å²) in [5, 5.41) is 7.63. The lowest BCUT2D eigenvalue weighted by Crippen LogP contribution is -2.35. The number of amidine groups is 1. The largest absolute Gasteiger partial charge is 0.382 e. The van der Waals surface area contributed by atoms with Crippen LogP contribution in [0, 0.1) is 0 Å². The second-order valence-corrected chi connectivity index (χ2v) is 7.80. The van der Waals surface area contributed by atoms with Gasteiger partial charge in [0.05, 0.1) is 4.90 Å². The smallest absolute Gasteiger partial charge is 0.175 e. The molecule has 22 heavy (non-hydrogen) atoms. The quantitative estimate of drug-likeness (QED) is 0.663. The van der Waals surface area contributed by atoms with E-state index in [0.29, 0.717) is 11.9 Å². The zero-order valence-electron chi connectivity index (χ0n) is 12.5. The molecule has 0 unspecified atom stereocenters. The van der Waals surface area contributed by atoms with Crippen molar-refractivity contribution < 1.29 is 8.42 Å². The predicted molar refractivity (Wildman–Crippen MR) is 86.0 cm³/mol. The molecule has 1 aromatic carbocycles. The SMILES string of the molecule is CS(=O)(=O)c1ccc(NC2CCCCC2)c(C2=NNNN2)c1. The van der Waals surface area contributed by atoms with Crippen LogP contribution in [0.5, 0.6) is 0 Å². The van der Waals surface area contributed by atoms with Crippen molar-refractivity contribution in [1.82, 2.24) is 16.5 Å². The van der Waals surface area contributed by atoms with Crippen molar-refractivity contribution in [2.45, 2.75) is 43.0 Å². The standard InChI is InChI=1S/C14H21N5O2S/c1-22(20,21)11-7-8-13(15-10-5-3-2-4-6-10)12(9-11)14-16-18-19-17-14/h7-10,15,18-19H,2-6H2,1H3,(H,16,17). The summed E-state index contributed by atoms with van der Waals surface area (Å²) < 4.78 is 23.6. The summed E-state index contributed by atoms with van der Waals surface area (Å²) in [6, 6.07) is 5.55. The van der Waals surface area contributed by atoms with Gasteiger partial charge in [-0.05, 0) is 31.0 Å². The maximum absolute atomic E-state index is 11.8. The zero-order valence-corrected chi connectivity index (χ0v) is 13.3. The molecule has 7 nitrogen and oxygen atoms in total. The first-order valence-corrected chi connectivity index (χ1v) is 9.38. The van der Waals surface area contributed by atoms with Crippen molar-refractivity contribution in [2.75, 3.05) is 11.6 Å². The van der Waals surface area contributed by atoms with Gasteiger partial charge >= 0.3 is 0 Å². The van der Waals surface area contributed by atoms with Crippen LogP contribution in [0.1, 0.15) is 37.7 Å². The minimum Gasteiger partial charge on any atom is -0.382 e. The van der Waals surface area contributed by atoms with Gasteiger partial charge in [0.1, 0.15) is 0 Å². The van der Waals surface area contributed by atoms with E-state index in [1.807, 2.05) is 6.07 Å². The van der Waals surface area contributed by atoms with Crippen LogP contribution in [0.4, 0.5) is 5.69 Å². The van der Waals surface area contributed by atoms with Crippen LogP contribution in [0.3, 0.4) is 0 Å². The van der Waals surface area contributed by atoms with E-state index in [9.17, 15) is 8.42 Å². The van der Waals surface area contributed by atoms with Gasteiger partial charge in [-0.2, -0.15) is 0 Å². The number of hydrogen-bond donors (Lipinski definition) is 4. The first-order chi connectivity index (χ1) is 10.5. The molecule has 1 aromatic rings. The van der Waals surface area contributed by atoms with Gasteiger partial charge in [-0.1, -0.05) is 19.3 Å². The highest BCUT2D eigenvalue weighted by molar-refractivity contribution is 7.90. The Balaban J connectivity index is 1.93. The van der Waals surface area contributed by atoms with Crippen molar-refractivity contribution >= 4 is 21.4 Å². The third-order valence-electron chi connectivity index (χ3n) is 4.04. The molecule has 1 heterocycles. The molecule has 0 saturated heterocycles. The first-order valence-electron chi connectivity index (χ1n) is 7.49. The molecule has 0 amide bonds. The summed E-state index contributed by atoms with van der Waals surface area (Å²) in [6.07, 6.45) is 7.25. The molecule has 1 saturated carbocycles. The fourth-order valence-corrected chi connectivity index (χ4v) is 3.52. The highest BCUT2D eigenvalue weighted by Crippen LogP contribution is 2.26. The van der Waals surface area contributed by atoms with E-state index in [-0.39, 0.29) is 4.90 Å². The molecule has 0 bridgehead atoms. The van der Waals surface area contributed by atoms with Crippen LogP contribution in [0.25, 0.3) is 0 Å². The topological polar surface area (TPSA) is 94.6 Å². The number of rotatable bonds is 4. The van der Waals surface area contributed by atoms with Gasteiger partial charge in [0.15, 0.2) is 15.7 Å². The summed E-state index contributed by atoms with van der Waals surface area (Å²) >= 11 is 0. The molecular weight excluding hydrogens is 302 g/mol. The Kier molecular flexibility index (Phi) is 4.21. The van der Waals surface area contributed by atoms with Gasteiger partial charge in [-0.15, -0.1) is 10.6 Å². The number of hydrazine groups is 2. The molecule has 2 aliphatic rings. The molecular formula is C14H21N5O2S. The monoisotopic (exact) mass is 323 g/mol. The minimum atomic E-state index is -3.26. The lowest BCUT2D eigenvalue weighted by Gasteiger charge is -2.25. The molecule has 1 fully saturated rings. The molecule has 0 radical (unpaired) electrons. The minimum absolute atomic E-state index is 0.285. The zero-order chi connectivity index (χ0) is 15.6. The normalized spacial score (nSPS) is 19.2. The van der Waals surface area contributed by atoms with Crippen LogP contribution in [-0.2, 0) is 9.84 Å². The van der Waals surface area contributed by atoms with Gasteiger partial charge < -0.3 is 5.32 Å². The van der Waals surface area contributed by atoms with Crippen molar-refractivity contribution in [3.05, 3.63) is 23.8 Å². The number of hydrogen-bond acceptors (Lipinski definition) is 7. The van der Waals surface area contributed by atoms with Crippen molar-refractivity contribution in [1.29, 1.82) is 0 Å². The Morgan fingerprint density at radius 1 is 1.23 bits per heavy atom. The highest BCUT2D eigenvalue weighted by atomic mass is 32.2. The van der Waals surface area contributed by atoms with E-state index in [1.54, 1.807) is 12.1 Å². The maximum atomic E-state index is 11.8. The van der Waals surface area contributed by atoms with Crippen molar-refractivity contribution in [2.24, 2.45) is 5.10 Å². The highest BCUT2D eigenvalue weighted by Gasteiger charge is 2.20. The van der Waals surface area contributed by atoms with Crippen LogP contribution in [-0.4, -0.2) is 26.6 Å². The molecule has 1 aliphatic carbocycles. The van der Waals surface area contributed by atoms with E-state index < -0.39 is 9.84 Å². The fraction of sp³-hybridized carbons (Fsp3) is 0.500. The number of nitrogens with zero attached hydrogens (tertiary/aromatic N) is 1. The summed E-state index contributed by atoms with van der Waals surface area (Å²) in [7, 11) is -3.26. The summed E-state index contributed by atoms with van der Waals surface area (Å²) in [5.41, 5.74) is 9.81. The second-order valence-electron chi connectivity index (χ2n) is 5.78. The van der Waals surface area contributed by atoms with Gasteiger partial charge in [-0.3, -0.25) is 5.43 Å². The van der Waals surface area contributed by atoms with Crippen LogP contribution in [0.2, 0.25) is 0 Å². The van der Waals surface area contributed by atoms with Gasteiger partial charge in [0, 0.05) is 23.5 Å². The Labute approximate surface area is 130 Å². The van der Waals surface area contributed by atoms with E-state index in [2.05, 4.69) is 26.9 Å². The molecule has 4 N–H and O–H groups in total. The Morgan fingerprint density at radius 2 is 2.00 bits per heavy atom. The van der Waals surface area contributed by atoms with Crippen molar-refractivity contribution in [3.8, 4) is 0 Å². The van der Waals surface area contributed by atoms with Crippen molar-refractivity contribution in [3.63, 3.8) is 0 Å². The van der Waals surface area contributed by atoms with Crippen LogP contribution in [0.15, 0.2) is 28.2 Å². The van der Waals surface area contributed by atoms with E-state index in [1.165, 1.54) is 25.5 Å². The average Bonchev–Trinajstić information content (AvgIpc) is 3.01. The Bertz CT molecular complexity index is 680. The third kappa shape index (κ3) is 3.33. The summed E-state index contributed by atoms with van der Waals surface area (Å²) in [6.45, 7) is 0. The Hall–Kier alpha value is -1.80. The number of anilines is 1. The number of nitrogens with one attached hydrogen (secondary N) is 4. The van der Waals surface area contributed by atoms with Crippen LogP contribution >= 0.6 is 0 Å². The molecule has 120 valence electrons. The fourth-order valence-electron chi connectivity index (χ4n) is 2.87. The van der Waals surface area contributed by atoms with E-state index >= 15 is 0 Å². The lowest BCUT2D eigenvalue weighted by molar-refractivity contribution is 0.462. The van der Waals surface area contributed by atoms with E-state index in [4.69, 9.17) is 0 Å². The first kappa shape index (κ1) is 15.1. The van der Waals surface area contributed by atoms with Gasteiger partial charge in [-0.25, -0.2) is 14.0 Å². The lowest BCUT2D eigenvalue weighted by atomic mass is 9.95. The predicted octanol–water partition coefficient (Wildman–Crippen LogP) is 1.11. The Morgan fingerprint density at radius 3 is 2.64 bits per heavy atom. The summed E-state index contributed by atoms with van der Waals surface area (Å²) in [4.78, 5) is 0.285. The van der Waals surface area contributed by atoms with Gasteiger partial charge in [0.25, 0.3) is 0 Å². The third-order valence-corrected chi connectivity index (χ3v) is 5.15. The second kappa shape index (κ2) is 6.13. The van der Waals surface area contributed by atoms with Gasteiger partial charge in [0.2, 0.25) is 0 Å². The average molecular weight is 323 g/mol. The molecule has 1 aliphatic heterocycles. The number of sulfone groups is 1. The molecule has 8 heteroatoms.